The Kier molecular flexibility index (Phi) is 6.07. The van der Waals surface area contributed by atoms with Gasteiger partial charge in [0.25, 0.3) is 0 Å². The average molecular weight is 334 g/mol. The van der Waals surface area contributed by atoms with Crippen LogP contribution in [0.4, 0.5) is 0 Å². The second kappa shape index (κ2) is 8.90. The third-order valence-electron chi connectivity index (χ3n) is 3.84. The highest BCUT2D eigenvalue weighted by Gasteiger charge is 2.01. The smallest absolute Gasteiger partial charge is 0.131 e. The highest BCUT2D eigenvalue weighted by molar-refractivity contribution is 5.37. The molecule has 128 valence electrons. The molecule has 0 unspecified atom stereocenters. The average Bonchev–Trinajstić information content (AvgIpc) is 2.67. The molecule has 0 saturated heterocycles. The van der Waals surface area contributed by atoms with Crippen LogP contribution in [0.1, 0.15) is 17.5 Å². The molecular formula is C22H22O3. The molecule has 0 bridgehead atoms. The molecule has 0 atom stereocenters. The predicted molar refractivity (Wildman–Crippen MR) is 99.1 cm³/mol. The summed E-state index contributed by atoms with van der Waals surface area (Å²) in [7, 11) is 0. The van der Waals surface area contributed by atoms with Gasteiger partial charge in [0, 0.05) is 12.7 Å². The lowest BCUT2D eigenvalue weighted by Gasteiger charge is -2.10. The molecule has 0 aliphatic carbocycles. The largest absolute Gasteiger partial charge is 0.489 e. The second-order valence-electron chi connectivity index (χ2n) is 5.82. The van der Waals surface area contributed by atoms with Crippen molar-refractivity contribution in [1.82, 2.24) is 0 Å². The molecule has 0 aliphatic heterocycles. The van der Waals surface area contributed by atoms with E-state index in [1.54, 1.807) is 0 Å². The zero-order valence-electron chi connectivity index (χ0n) is 14.1. The number of hydrogen-bond donors (Lipinski definition) is 1. The normalized spacial score (nSPS) is 10.4. The zero-order chi connectivity index (χ0) is 17.3. The first-order valence-corrected chi connectivity index (χ1v) is 8.48. The van der Waals surface area contributed by atoms with Crippen molar-refractivity contribution in [2.75, 3.05) is 6.61 Å². The quantitative estimate of drug-likeness (QED) is 0.631. The maximum atomic E-state index is 8.88. The van der Waals surface area contributed by atoms with Crippen molar-refractivity contribution >= 4 is 0 Å². The fraction of sp³-hybridized carbons (Fsp3) is 0.182. The van der Waals surface area contributed by atoms with Crippen molar-refractivity contribution in [3.05, 3.63) is 90.0 Å². The van der Waals surface area contributed by atoms with Crippen molar-refractivity contribution < 1.29 is 14.6 Å². The third-order valence-corrected chi connectivity index (χ3v) is 3.84. The number of aliphatic hydroxyl groups is 1. The summed E-state index contributed by atoms with van der Waals surface area (Å²) in [6.45, 7) is 0.748. The van der Waals surface area contributed by atoms with E-state index in [0.29, 0.717) is 6.61 Å². The van der Waals surface area contributed by atoms with Crippen LogP contribution in [0.2, 0.25) is 0 Å². The number of rotatable bonds is 8. The Bertz CT molecular complexity index is 767. The number of benzene rings is 3. The molecule has 3 aromatic carbocycles. The summed E-state index contributed by atoms with van der Waals surface area (Å²) in [6, 6.07) is 25.7. The molecule has 3 aromatic rings. The summed E-state index contributed by atoms with van der Waals surface area (Å²) >= 11 is 0. The van der Waals surface area contributed by atoms with Crippen LogP contribution in [-0.2, 0) is 13.0 Å². The maximum absolute atomic E-state index is 8.88. The number of aliphatic hydroxyl groups excluding tert-OH is 1. The van der Waals surface area contributed by atoms with E-state index in [0.717, 1.165) is 35.7 Å². The minimum Gasteiger partial charge on any atom is -0.489 e. The van der Waals surface area contributed by atoms with Crippen molar-refractivity contribution in [3.8, 4) is 17.2 Å². The molecular weight excluding hydrogens is 312 g/mol. The second-order valence-corrected chi connectivity index (χ2v) is 5.82. The van der Waals surface area contributed by atoms with Gasteiger partial charge in [-0.05, 0) is 48.2 Å². The van der Waals surface area contributed by atoms with Crippen LogP contribution >= 0.6 is 0 Å². The van der Waals surface area contributed by atoms with E-state index in [2.05, 4.69) is 0 Å². The van der Waals surface area contributed by atoms with Gasteiger partial charge in [0.05, 0.1) is 0 Å². The van der Waals surface area contributed by atoms with Crippen molar-refractivity contribution in [2.45, 2.75) is 19.4 Å². The van der Waals surface area contributed by atoms with E-state index in [1.807, 2.05) is 78.9 Å². The monoisotopic (exact) mass is 334 g/mol. The number of hydrogen-bond acceptors (Lipinski definition) is 3. The third kappa shape index (κ3) is 5.37. The van der Waals surface area contributed by atoms with Gasteiger partial charge in [0.1, 0.15) is 23.9 Å². The summed E-state index contributed by atoms with van der Waals surface area (Å²) < 4.78 is 11.7. The Balaban J connectivity index is 1.59. The molecule has 0 aromatic heterocycles. The molecule has 0 heterocycles. The summed E-state index contributed by atoms with van der Waals surface area (Å²) in [5.41, 5.74) is 2.33. The molecule has 0 radical (unpaired) electrons. The Morgan fingerprint density at radius 1 is 0.680 bits per heavy atom. The molecule has 0 saturated carbocycles. The van der Waals surface area contributed by atoms with E-state index in [4.69, 9.17) is 14.6 Å². The standard InChI is InChI=1S/C22H22O3/c23-15-5-8-18-11-13-20(14-12-18)25-22-10-4-9-21(16-22)24-17-19-6-2-1-3-7-19/h1-4,6-7,9-14,16,23H,5,8,15,17H2. The summed E-state index contributed by atoms with van der Waals surface area (Å²) in [5, 5.41) is 8.88. The van der Waals surface area contributed by atoms with E-state index in [-0.39, 0.29) is 6.61 Å². The summed E-state index contributed by atoms with van der Waals surface area (Å²) in [4.78, 5) is 0. The fourth-order valence-corrected chi connectivity index (χ4v) is 2.51. The van der Waals surface area contributed by atoms with Crippen LogP contribution in [-0.4, -0.2) is 11.7 Å². The summed E-state index contributed by atoms with van der Waals surface area (Å²) in [6.07, 6.45) is 1.65. The molecule has 25 heavy (non-hydrogen) atoms. The van der Waals surface area contributed by atoms with Crippen LogP contribution in [0.3, 0.4) is 0 Å². The first-order valence-electron chi connectivity index (χ1n) is 8.48. The van der Waals surface area contributed by atoms with Crippen LogP contribution in [0, 0.1) is 0 Å². The van der Waals surface area contributed by atoms with Crippen LogP contribution in [0.15, 0.2) is 78.9 Å². The van der Waals surface area contributed by atoms with Gasteiger partial charge in [-0.3, -0.25) is 0 Å². The number of aryl methyl sites for hydroxylation is 1. The maximum Gasteiger partial charge on any atom is 0.131 e. The lowest BCUT2D eigenvalue weighted by atomic mass is 10.1. The van der Waals surface area contributed by atoms with Crippen LogP contribution in [0.5, 0.6) is 17.2 Å². The van der Waals surface area contributed by atoms with Gasteiger partial charge in [-0.2, -0.15) is 0 Å². The lowest BCUT2D eigenvalue weighted by molar-refractivity contribution is 0.288. The highest BCUT2D eigenvalue weighted by Crippen LogP contribution is 2.26. The Labute approximate surface area is 148 Å². The molecule has 0 spiro atoms. The molecule has 0 aliphatic rings. The topological polar surface area (TPSA) is 38.7 Å². The van der Waals surface area contributed by atoms with Crippen molar-refractivity contribution in [2.24, 2.45) is 0 Å². The lowest BCUT2D eigenvalue weighted by Crippen LogP contribution is -1.95. The SMILES string of the molecule is OCCCc1ccc(Oc2cccc(OCc3ccccc3)c2)cc1. The molecule has 3 nitrogen and oxygen atoms in total. The Morgan fingerprint density at radius 3 is 2.20 bits per heavy atom. The Hall–Kier alpha value is -2.78. The fourth-order valence-electron chi connectivity index (χ4n) is 2.51. The van der Waals surface area contributed by atoms with E-state index in [9.17, 15) is 0 Å². The van der Waals surface area contributed by atoms with Gasteiger partial charge in [-0.15, -0.1) is 0 Å². The molecule has 0 amide bonds. The van der Waals surface area contributed by atoms with E-state index >= 15 is 0 Å². The van der Waals surface area contributed by atoms with Gasteiger partial charge in [-0.1, -0.05) is 48.5 Å². The molecule has 3 rings (SSSR count). The van der Waals surface area contributed by atoms with Gasteiger partial charge >= 0.3 is 0 Å². The first kappa shape index (κ1) is 17.1. The summed E-state index contributed by atoms with van der Waals surface area (Å²) in [5.74, 6) is 2.31. The van der Waals surface area contributed by atoms with Crippen molar-refractivity contribution in [3.63, 3.8) is 0 Å². The molecule has 0 fully saturated rings. The van der Waals surface area contributed by atoms with Crippen LogP contribution in [0.25, 0.3) is 0 Å². The molecule has 3 heteroatoms. The zero-order valence-corrected chi connectivity index (χ0v) is 14.1. The van der Waals surface area contributed by atoms with E-state index in [1.165, 1.54) is 5.56 Å². The minimum atomic E-state index is 0.216. The van der Waals surface area contributed by atoms with Crippen LogP contribution < -0.4 is 9.47 Å². The predicted octanol–water partition coefficient (Wildman–Crippen LogP) is 4.98. The van der Waals surface area contributed by atoms with Crippen molar-refractivity contribution in [1.29, 1.82) is 0 Å². The Morgan fingerprint density at radius 2 is 1.44 bits per heavy atom. The number of ether oxygens (including phenoxy) is 2. The van der Waals surface area contributed by atoms with Gasteiger partial charge in [0.15, 0.2) is 0 Å². The highest BCUT2D eigenvalue weighted by atomic mass is 16.5. The molecule has 1 N–H and O–H groups in total. The van der Waals surface area contributed by atoms with E-state index < -0.39 is 0 Å². The minimum absolute atomic E-state index is 0.216. The van der Waals surface area contributed by atoms with Gasteiger partial charge in [-0.25, -0.2) is 0 Å². The van der Waals surface area contributed by atoms with Gasteiger partial charge < -0.3 is 14.6 Å². The van der Waals surface area contributed by atoms with Gasteiger partial charge in [0.2, 0.25) is 0 Å². The first-order chi connectivity index (χ1) is 12.3.